The van der Waals surface area contributed by atoms with Crippen LogP contribution < -0.4 is 21.7 Å². The molecule has 1 heterocycles. The first-order valence-corrected chi connectivity index (χ1v) is 7.22. The largest absolute Gasteiger partial charge is 0.484 e. The van der Waals surface area contributed by atoms with Crippen molar-refractivity contribution in [1.82, 2.24) is 15.4 Å². The highest BCUT2D eigenvalue weighted by atomic mass is 16.5. The number of carbonyl (C=O) groups excluding carboxylic acids is 1. The average molecular weight is 315 g/mol. The SMILES string of the molecule is Cc1ccc(C)c(OC(C)c2nc(N)nc(C)c2C(=O)NN)c1. The molecule has 23 heavy (non-hydrogen) atoms. The van der Waals surface area contributed by atoms with Crippen molar-refractivity contribution in [2.24, 2.45) is 5.84 Å². The number of nitrogens with one attached hydrogen (secondary N) is 1. The van der Waals surface area contributed by atoms with E-state index in [1.165, 1.54) is 0 Å². The minimum Gasteiger partial charge on any atom is -0.484 e. The summed E-state index contributed by atoms with van der Waals surface area (Å²) in [6.07, 6.45) is -0.494. The van der Waals surface area contributed by atoms with Crippen molar-refractivity contribution in [3.05, 3.63) is 46.3 Å². The van der Waals surface area contributed by atoms with Crippen LogP contribution in [0.4, 0.5) is 5.95 Å². The number of nitrogens with two attached hydrogens (primary N) is 2. The van der Waals surface area contributed by atoms with Gasteiger partial charge in [-0.1, -0.05) is 12.1 Å². The fourth-order valence-electron chi connectivity index (χ4n) is 2.34. The summed E-state index contributed by atoms with van der Waals surface area (Å²) in [6.45, 7) is 7.42. The molecule has 1 amide bonds. The number of nitrogens with zero attached hydrogens (tertiary/aromatic N) is 2. The number of aromatic nitrogens is 2. The van der Waals surface area contributed by atoms with Crippen LogP contribution >= 0.6 is 0 Å². The third-order valence-corrected chi connectivity index (χ3v) is 3.53. The monoisotopic (exact) mass is 315 g/mol. The van der Waals surface area contributed by atoms with Gasteiger partial charge in [-0.05, 0) is 44.9 Å². The van der Waals surface area contributed by atoms with Crippen LogP contribution in [0.3, 0.4) is 0 Å². The van der Waals surface area contributed by atoms with E-state index in [0.29, 0.717) is 11.4 Å². The van der Waals surface area contributed by atoms with Crippen LogP contribution in [0.1, 0.15) is 45.9 Å². The highest BCUT2D eigenvalue weighted by Crippen LogP contribution is 2.27. The number of aryl methyl sites for hydroxylation is 3. The van der Waals surface area contributed by atoms with Crippen LogP contribution in [0.25, 0.3) is 0 Å². The average Bonchev–Trinajstić information content (AvgIpc) is 2.49. The van der Waals surface area contributed by atoms with Gasteiger partial charge < -0.3 is 10.5 Å². The topological polar surface area (TPSA) is 116 Å². The fourth-order valence-corrected chi connectivity index (χ4v) is 2.34. The molecule has 0 aliphatic heterocycles. The van der Waals surface area contributed by atoms with Gasteiger partial charge in [-0.15, -0.1) is 0 Å². The Morgan fingerprint density at radius 3 is 2.61 bits per heavy atom. The standard InChI is InChI=1S/C16H21N5O2/c1-8-5-6-9(2)12(7-8)23-11(4)14-13(15(22)21-18)10(3)19-16(17)20-14/h5-7,11H,18H2,1-4H3,(H,21,22)(H2,17,19,20). The number of amides is 1. The Labute approximate surface area is 135 Å². The maximum Gasteiger partial charge on any atom is 0.269 e. The van der Waals surface area contributed by atoms with E-state index in [2.05, 4.69) is 15.4 Å². The molecular formula is C16H21N5O2. The molecule has 5 N–H and O–H groups in total. The first-order chi connectivity index (χ1) is 10.8. The van der Waals surface area contributed by atoms with Crippen LogP contribution in [0.5, 0.6) is 5.75 Å². The quantitative estimate of drug-likeness (QED) is 0.449. The first kappa shape index (κ1) is 16.7. The van der Waals surface area contributed by atoms with Gasteiger partial charge in [-0.25, -0.2) is 15.8 Å². The molecule has 0 radical (unpaired) electrons. The van der Waals surface area contributed by atoms with Gasteiger partial charge in [0.2, 0.25) is 5.95 Å². The molecule has 2 rings (SSSR count). The number of ether oxygens (including phenoxy) is 1. The summed E-state index contributed by atoms with van der Waals surface area (Å²) >= 11 is 0. The molecule has 0 fully saturated rings. The maximum absolute atomic E-state index is 12.0. The molecule has 1 aromatic carbocycles. The summed E-state index contributed by atoms with van der Waals surface area (Å²) in [6, 6.07) is 5.92. The van der Waals surface area contributed by atoms with Crippen LogP contribution in [0.2, 0.25) is 0 Å². The van der Waals surface area contributed by atoms with Gasteiger partial charge in [-0.3, -0.25) is 10.2 Å². The van der Waals surface area contributed by atoms with Crippen molar-refractivity contribution in [3.8, 4) is 5.75 Å². The number of hydrogen-bond acceptors (Lipinski definition) is 6. The van der Waals surface area contributed by atoms with Gasteiger partial charge in [-0.2, -0.15) is 0 Å². The Bertz CT molecular complexity index is 745. The molecule has 0 aliphatic rings. The lowest BCUT2D eigenvalue weighted by Crippen LogP contribution is -2.33. The first-order valence-electron chi connectivity index (χ1n) is 7.22. The van der Waals surface area contributed by atoms with E-state index in [-0.39, 0.29) is 11.5 Å². The lowest BCUT2D eigenvalue weighted by atomic mass is 10.1. The summed E-state index contributed by atoms with van der Waals surface area (Å²) in [5, 5.41) is 0. The van der Waals surface area contributed by atoms with Gasteiger partial charge in [0.05, 0.1) is 17.0 Å². The molecule has 1 unspecified atom stereocenters. The van der Waals surface area contributed by atoms with Crippen molar-refractivity contribution >= 4 is 11.9 Å². The third-order valence-electron chi connectivity index (χ3n) is 3.53. The molecule has 0 aliphatic carbocycles. The van der Waals surface area contributed by atoms with Gasteiger partial charge in [0.25, 0.3) is 5.91 Å². The second kappa shape index (κ2) is 6.62. The van der Waals surface area contributed by atoms with Crippen molar-refractivity contribution in [2.75, 3.05) is 5.73 Å². The predicted octanol–water partition coefficient (Wildman–Crippen LogP) is 1.73. The third kappa shape index (κ3) is 3.57. The number of benzene rings is 1. The molecule has 1 atom stereocenters. The highest BCUT2D eigenvalue weighted by Gasteiger charge is 2.23. The van der Waals surface area contributed by atoms with Crippen molar-refractivity contribution in [1.29, 1.82) is 0 Å². The maximum atomic E-state index is 12.0. The van der Waals surface area contributed by atoms with Crippen LogP contribution in [-0.2, 0) is 0 Å². The van der Waals surface area contributed by atoms with Crippen LogP contribution in [0.15, 0.2) is 18.2 Å². The summed E-state index contributed by atoms with van der Waals surface area (Å²) in [4.78, 5) is 20.2. The lowest BCUT2D eigenvalue weighted by molar-refractivity contribution is 0.0946. The molecule has 0 spiro atoms. The zero-order chi connectivity index (χ0) is 17.1. The molecule has 7 nitrogen and oxygen atoms in total. The minimum atomic E-state index is -0.494. The van der Waals surface area contributed by atoms with Gasteiger partial charge in [0.1, 0.15) is 11.9 Å². The summed E-state index contributed by atoms with van der Waals surface area (Å²) in [5.74, 6) is 5.59. The molecule has 0 saturated carbocycles. The molecule has 2 aromatic rings. The Morgan fingerprint density at radius 2 is 1.96 bits per heavy atom. The zero-order valence-electron chi connectivity index (χ0n) is 13.7. The highest BCUT2D eigenvalue weighted by molar-refractivity contribution is 5.96. The molecule has 0 bridgehead atoms. The van der Waals surface area contributed by atoms with Crippen LogP contribution in [0, 0.1) is 20.8 Å². The summed E-state index contributed by atoms with van der Waals surface area (Å²) in [7, 11) is 0. The molecule has 122 valence electrons. The summed E-state index contributed by atoms with van der Waals surface area (Å²) < 4.78 is 5.99. The number of hydrazine groups is 1. The van der Waals surface area contributed by atoms with E-state index in [4.69, 9.17) is 16.3 Å². The Balaban J connectivity index is 2.44. The number of nitrogen functional groups attached to an aromatic ring is 2. The number of carbonyl (C=O) groups is 1. The fraction of sp³-hybridized carbons (Fsp3) is 0.312. The Kier molecular flexibility index (Phi) is 4.80. The summed E-state index contributed by atoms with van der Waals surface area (Å²) in [5.41, 5.74) is 11.0. The Morgan fingerprint density at radius 1 is 1.26 bits per heavy atom. The van der Waals surface area contributed by atoms with E-state index >= 15 is 0 Å². The van der Waals surface area contributed by atoms with Gasteiger partial charge >= 0.3 is 0 Å². The lowest BCUT2D eigenvalue weighted by Gasteiger charge is -2.19. The minimum absolute atomic E-state index is 0.0856. The second-order valence-electron chi connectivity index (χ2n) is 5.43. The molecule has 7 heteroatoms. The van der Waals surface area contributed by atoms with Gasteiger partial charge in [0.15, 0.2) is 0 Å². The Hall–Kier alpha value is -2.67. The van der Waals surface area contributed by atoms with Crippen molar-refractivity contribution < 1.29 is 9.53 Å². The van der Waals surface area contributed by atoms with Crippen molar-refractivity contribution in [2.45, 2.75) is 33.8 Å². The normalized spacial score (nSPS) is 11.9. The van der Waals surface area contributed by atoms with Crippen LogP contribution in [-0.4, -0.2) is 15.9 Å². The van der Waals surface area contributed by atoms with E-state index in [1.807, 2.05) is 32.0 Å². The molecule has 1 aromatic heterocycles. The van der Waals surface area contributed by atoms with E-state index in [0.717, 1.165) is 16.9 Å². The van der Waals surface area contributed by atoms with E-state index in [9.17, 15) is 4.79 Å². The van der Waals surface area contributed by atoms with E-state index < -0.39 is 12.0 Å². The zero-order valence-corrected chi connectivity index (χ0v) is 13.7. The molecular weight excluding hydrogens is 294 g/mol. The molecule has 0 saturated heterocycles. The van der Waals surface area contributed by atoms with E-state index in [1.54, 1.807) is 13.8 Å². The number of anilines is 1. The smallest absolute Gasteiger partial charge is 0.269 e. The second-order valence-corrected chi connectivity index (χ2v) is 5.43. The predicted molar refractivity (Wildman–Crippen MR) is 87.8 cm³/mol. The number of hydrogen-bond donors (Lipinski definition) is 3. The van der Waals surface area contributed by atoms with Gasteiger partial charge in [0, 0.05) is 0 Å². The number of rotatable bonds is 4. The van der Waals surface area contributed by atoms with Crippen molar-refractivity contribution in [3.63, 3.8) is 0 Å².